The first-order chi connectivity index (χ1) is 6.72. The summed E-state index contributed by atoms with van der Waals surface area (Å²) in [5.74, 6) is -0.465. The third-order valence-corrected chi connectivity index (χ3v) is 1.63. The van der Waals surface area contributed by atoms with Crippen molar-refractivity contribution < 1.29 is 23.0 Å². The van der Waals surface area contributed by atoms with Crippen molar-refractivity contribution in [3.8, 4) is 17.2 Å². The summed E-state index contributed by atoms with van der Waals surface area (Å²) in [5, 5.41) is 0. The zero-order valence-corrected chi connectivity index (χ0v) is 7.84. The molecule has 0 heterocycles. The first-order valence-electron chi connectivity index (χ1n) is 3.83. The SMILES string of the molecule is COc1cc(OCF)cc(F)c1OC. The van der Waals surface area contributed by atoms with E-state index in [0.717, 1.165) is 6.07 Å². The number of hydrogen-bond donors (Lipinski definition) is 0. The molecule has 0 aliphatic heterocycles. The van der Waals surface area contributed by atoms with E-state index in [1.807, 2.05) is 0 Å². The molecule has 14 heavy (non-hydrogen) atoms. The van der Waals surface area contributed by atoms with E-state index in [2.05, 4.69) is 4.74 Å². The van der Waals surface area contributed by atoms with Crippen LogP contribution in [0.4, 0.5) is 8.78 Å². The molecule has 5 heteroatoms. The molecule has 0 unspecified atom stereocenters. The van der Waals surface area contributed by atoms with Gasteiger partial charge in [-0.15, -0.1) is 0 Å². The highest BCUT2D eigenvalue weighted by molar-refractivity contribution is 5.46. The Labute approximate surface area is 80.2 Å². The van der Waals surface area contributed by atoms with Crippen LogP contribution >= 0.6 is 0 Å². The molecule has 0 aliphatic carbocycles. The quantitative estimate of drug-likeness (QED) is 0.752. The predicted octanol–water partition coefficient (Wildman–Crippen LogP) is 2.15. The fraction of sp³-hybridized carbons (Fsp3) is 0.333. The molecule has 1 aromatic carbocycles. The van der Waals surface area contributed by atoms with Gasteiger partial charge in [-0.2, -0.15) is 0 Å². The van der Waals surface area contributed by atoms with Gasteiger partial charge in [0.15, 0.2) is 17.3 Å². The molecular weight excluding hydrogens is 194 g/mol. The molecule has 0 fully saturated rings. The lowest BCUT2D eigenvalue weighted by Crippen LogP contribution is -1.97. The maximum atomic E-state index is 13.2. The largest absolute Gasteiger partial charge is 0.493 e. The number of ether oxygens (including phenoxy) is 3. The van der Waals surface area contributed by atoms with Crippen LogP contribution < -0.4 is 14.2 Å². The van der Waals surface area contributed by atoms with Gasteiger partial charge in [-0.3, -0.25) is 0 Å². The maximum absolute atomic E-state index is 13.2. The zero-order valence-electron chi connectivity index (χ0n) is 7.84. The highest BCUT2D eigenvalue weighted by Crippen LogP contribution is 2.34. The second kappa shape index (κ2) is 4.64. The Balaban J connectivity index is 3.10. The normalized spacial score (nSPS) is 9.71. The van der Waals surface area contributed by atoms with Gasteiger partial charge in [-0.05, 0) is 0 Å². The fourth-order valence-electron chi connectivity index (χ4n) is 1.04. The average Bonchev–Trinajstić information content (AvgIpc) is 2.17. The predicted molar refractivity (Wildman–Crippen MR) is 46.1 cm³/mol. The van der Waals surface area contributed by atoms with Crippen LogP contribution in [0.5, 0.6) is 17.2 Å². The molecule has 0 atom stereocenters. The van der Waals surface area contributed by atoms with Crippen molar-refractivity contribution in [2.24, 2.45) is 0 Å². The van der Waals surface area contributed by atoms with Crippen LogP contribution in [0.15, 0.2) is 12.1 Å². The van der Waals surface area contributed by atoms with Gasteiger partial charge in [0.1, 0.15) is 5.75 Å². The van der Waals surface area contributed by atoms with Gasteiger partial charge in [-0.1, -0.05) is 0 Å². The molecule has 0 aliphatic rings. The number of methoxy groups -OCH3 is 2. The van der Waals surface area contributed by atoms with Crippen LogP contribution in [0.2, 0.25) is 0 Å². The molecule has 0 amide bonds. The van der Waals surface area contributed by atoms with Crippen LogP contribution in [-0.2, 0) is 0 Å². The maximum Gasteiger partial charge on any atom is 0.228 e. The highest BCUT2D eigenvalue weighted by Gasteiger charge is 2.12. The molecular formula is C9H10F2O3. The fourth-order valence-corrected chi connectivity index (χ4v) is 1.04. The zero-order chi connectivity index (χ0) is 10.6. The van der Waals surface area contributed by atoms with Gasteiger partial charge >= 0.3 is 0 Å². The lowest BCUT2D eigenvalue weighted by Gasteiger charge is -2.10. The van der Waals surface area contributed by atoms with Crippen LogP contribution in [-0.4, -0.2) is 21.1 Å². The van der Waals surface area contributed by atoms with E-state index >= 15 is 0 Å². The summed E-state index contributed by atoms with van der Waals surface area (Å²) in [7, 11) is 2.67. The minimum Gasteiger partial charge on any atom is -0.493 e. The Morgan fingerprint density at radius 2 is 1.93 bits per heavy atom. The van der Waals surface area contributed by atoms with Gasteiger partial charge in [0.2, 0.25) is 6.86 Å². The number of benzene rings is 1. The van der Waals surface area contributed by atoms with Crippen LogP contribution in [0.25, 0.3) is 0 Å². The molecule has 0 spiro atoms. The Morgan fingerprint density at radius 1 is 1.21 bits per heavy atom. The van der Waals surface area contributed by atoms with Crippen molar-refractivity contribution in [3.05, 3.63) is 17.9 Å². The molecule has 3 nitrogen and oxygen atoms in total. The van der Waals surface area contributed by atoms with Gasteiger partial charge in [-0.25, -0.2) is 8.78 Å². The number of rotatable bonds is 4. The number of halogens is 2. The molecule has 0 N–H and O–H groups in total. The molecule has 1 aromatic rings. The van der Waals surface area contributed by atoms with Gasteiger partial charge in [0, 0.05) is 12.1 Å². The van der Waals surface area contributed by atoms with E-state index in [1.165, 1.54) is 20.3 Å². The molecule has 0 radical (unpaired) electrons. The Kier molecular flexibility index (Phi) is 3.50. The van der Waals surface area contributed by atoms with Crippen molar-refractivity contribution >= 4 is 0 Å². The lowest BCUT2D eigenvalue weighted by atomic mass is 10.3. The summed E-state index contributed by atoms with van der Waals surface area (Å²) in [6.07, 6.45) is 0. The summed E-state index contributed by atoms with van der Waals surface area (Å²) in [6, 6.07) is 2.38. The van der Waals surface area contributed by atoms with E-state index < -0.39 is 12.7 Å². The topological polar surface area (TPSA) is 27.7 Å². The van der Waals surface area contributed by atoms with E-state index in [-0.39, 0.29) is 17.2 Å². The van der Waals surface area contributed by atoms with Crippen LogP contribution in [0.3, 0.4) is 0 Å². The van der Waals surface area contributed by atoms with E-state index in [4.69, 9.17) is 9.47 Å². The van der Waals surface area contributed by atoms with E-state index in [0.29, 0.717) is 0 Å². The van der Waals surface area contributed by atoms with Crippen LogP contribution in [0, 0.1) is 5.82 Å². The lowest BCUT2D eigenvalue weighted by molar-refractivity contribution is 0.190. The van der Waals surface area contributed by atoms with E-state index in [1.54, 1.807) is 0 Å². The highest BCUT2D eigenvalue weighted by atomic mass is 19.1. The molecule has 0 saturated carbocycles. The van der Waals surface area contributed by atoms with Crippen molar-refractivity contribution in [1.29, 1.82) is 0 Å². The minimum atomic E-state index is -1.02. The van der Waals surface area contributed by atoms with Gasteiger partial charge in [0.05, 0.1) is 14.2 Å². The van der Waals surface area contributed by atoms with Crippen molar-refractivity contribution in [3.63, 3.8) is 0 Å². The van der Waals surface area contributed by atoms with Gasteiger partial charge in [0.25, 0.3) is 0 Å². The first-order valence-corrected chi connectivity index (χ1v) is 3.83. The van der Waals surface area contributed by atoms with E-state index in [9.17, 15) is 8.78 Å². The second-order valence-corrected chi connectivity index (χ2v) is 2.39. The minimum absolute atomic E-state index is 0.0290. The van der Waals surface area contributed by atoms with Crippen molar-refractivity contribution in [2.75, 3.05) is 21.1 Å². The Hall–Kier alpha value is -1.52. The molecule has 0 saturated heterocycles. The monoisotopic (exact) mass is 204 g/mol. The van der Waals surface area contributed by atoms with Crippen LogP contribution in [0.1, 0.15) is 0 Å². The molecule has 78 valence electrons. The Morgan fingerprint density at radius 3 is 2.43 bits per heavy atom. The van der Waals surface area contributed by atoms with Crippen molar-refractivity contribution in [1.82, 2.24) is 0 Å². The smallest absolute Gasteiger partial charge is 0.228 e. The second-order valence-electron chi connectivity index (χ2n) is 2.39. The summed E-state index contributed by atoms with van der Waals surface area (Å²) in [6.45, 7) is -1.02. The molecule has 0 aromatic heterocycles. The number of hydrogen-bond acceptors (Lipinski definition) is 3. The summed E-state index contributed by atoms with van der Waals surface area (Å²) in [5.41, 5.74) is 0. The van der Waals surface area contributed by atoms with Crippen molar-refractivity contribution in [2.45, 2.75) is 0 Å². The third-order valence-electron chi connectivity index (χ3n) is 1.63. The summed E-state index contributed by atoms with van der Waals surface area (Å²) >= 11 is 0. The molecule has 0 bridgehead atoms. The average molecular weight is 204 g/mol. The summed E-state index contributed by atoms with van der Waals surface area (Å²) < 4.78 is 39.1. The first kappa shape index (κ1) is 10.6. The number of alkyl halides is 1. The summed E-state index contributed by atoms with van der Waals surface area (Å²) in [4.78, 5) is 0. The van der Waals surface area contributed by atoms with Gasteiger partial charge < -0.3 is 14.2 Å². The molecule has 1 rings (SSSR count). The third kappa shape index (κ3) is 2.04. The Bertz CT molecular complexity index is 315. The standard InChI is InChI=1S/C9H10F2O3/c1-12-8-4-6(14-5-10)3-7(11)9(8)13-2/h3-4H,5H2,1-2H3.